The van der Waals surface area contributed by atoms with E-state index in [0.29, 0.717) is 0 Å². The summed E-state index contributed by atoms with van der Waals surface area (Å²) in [7, 11) is 3.68. The monoisotopic (exact) mass is 450 g/mol. The van der Waals surface area contributed by atoms with Crippen LogP contribution in [-0.4, -0.2) is 21.9 Å². The number of benzene rings is 2. The third kappa shape index (κ3) is 5.28. The molecule has 0 N–H and O–H groups in total. The highest BCUT2D eigenvalue weighted by atomic mass is 16.6. The van der Waals surface area contributed by atoms with Gasteiger partial charge in [0, 0.05) is 11.1 Å². The Hall–Kier alpha value is -2.30. The Labute approximate surface area is 200 Å². The Morgan fingerprint density at radius 2 is 1.00 bits per heavy atom. The van der Waals surface area contributed by atoms with Crippen molar-refractivity contribution in [2.24, 2.45) is 0 Å². The molecule has 4 rings (SSSR count). The summed E-state index contributed by atoms with van der Waals surface area (Å²) in [5.74, 6) is 3.55. The molecular weight excluding hydrogens is 411 g/mol. The van der Waals surface area contributed by atoms with Gasteiger partial charge in [0.05, 0.1) is 14.2 Å². The first kappa shape index (κ1) is 23.8. The molecule has 2 aromatic carbocycles. The highest BCUT2D eigenvalue weighted by Gasteiger charge is 2.33. The van der Waals surface area contributed by atoms with Crippen molar-refractivity contribution in [3.05, 3.63) is 47.5 Å². The molecule has 0 aliphatic heterocycles. The Morgan fingerprint density at radius 3 is 1.36 bits per heavy atom. The number of methoxy groups -OCH3 is 2. The fraction of sp³-hybridized carbons (Fsp3) is 0.571. The van der Waals surface area contributed by atoms with E-state index in [9.17, 15) is 0 Å². The fourth-order valence-corrected chi connectivity index (χ4v) is 5.87. The second-order valence-electron chi connectivity index (χ2n) is 10.4. The van der Waals surface area contributed by atoms with Crippen LogP contribution in [0.3, 0.4) is 0 Å². The molecule has 2 saturated carbocycles. The maximum absolute atomic E-state index is 6.04. The molecule has 178 valence electrons. The average Bonchev–Trinajstić information content (AvgIpc) is 2.85. The second-order valence-corrected chi connectivity index (χ2v) is 10.4. The molecule has 0 spiro atoms. The summed E-state index contributed by atoms with van der Waals surface area (Å²) in [4.78, 5) is 0. The molecule has 0 saturated heterocycles. The van der Waals surface area contributed by atoms with E-state index >= 15 is 0 Å². The van der Waals surface area contributed by atoms with Crippen molar-refractivity contribution in [1.29, 1.82) is 0 Å². The largest absolute Gasteiger partial charge is 0.576 e. The van der Waals surface area contributed by atoms with Gasteiger partial charge >= 0.3 is 7.69 Å². The van der Waals surface area contributed by atoms with Crippen molar-refractivity contribution in [1.82, 2.24) is 0 Å². The SMILES string of the molecule is COc1ccc(OBOc2ccc(OC)c(C3(C)CCCCC3)c2)cc1C1(C)CCCCC1. The van der Waals surface area contributed by atoms with Gasteiger partial charge in [-0.1, -0.05) is 52.4 Å². The van der Waals surface area contributed by atoms with Crippen LogP contribution < -0.4 is 18.8 Å². The molecule has 2 aliphatic rings. The molecule has 2 aliphatic carbocycles. The Morgan fingerprint density at radius 1 is 0.606 bits per heavy atom. The number of hydrogen-bond acceptors (Lipinski definition) is 4. The summed E-state index contributed by atoms with van der Waals surface area (Å²) in [5.41, 5.74) is 2.78. The first-order chi connectivity index (χ1) is 16.0. The van der Waals surface area contributed by atoms with Crippen molar-refractivity contribution in [3.8, 4) is 23.0 Å². The van der Waals surface area contributed by atoms with Crippen LogP contribution in [0.25, 0.3) is 0 Å². The van der Waals surface area contributed by atoms with Crippen molar-refractivity contribution in [3.63, 3.8) is 0 Å². The van der Waals surface area contributed by atoms with Gasteiger partial charge in [0.25, 0.3) is 0 Å². The quantitative estimate of drug-likeness (QED) is 0.411. The number of hydrogen-bond donors (Lipinski definition) is 0. The van der Waals surface area contributed by atoms with Crippen molar-refractivity contribution in [2.75, 3.05) is 14.2 Å². The molecule has 33 heavy (non-hydrogen) atoms. The first-order valence-corrected chi connectivity index (χ1v) is 12.6. The van der Waals surface area contributed by atoms with Crippen molar-refractivity contribution in [2.45, 2.75) is 88.9 Å². The minimum atomic E-state index is 0.143. The lowest BCUT2D eigenvalue weighted by Gasteiger charge is -2.35. The molecule has 0 radical (unpaired) electrons. The second kappa shape index (κ2) is 10.3. The number of ether oxygens (including phenoxy) is 2. The summed E-state index contributed by atoms with van der Waals surface area (Å²) in [5, 5.41) is 0. The van der Waals surface area contributed by atoms with Crippen LogP contribution in [0, 0.1) is 0 Å². The molecule has 0 unspecified atom stereocenters. The van der Waals surface area contributed by atoms with Gasteiger partial charge in [-0.15, -0.1) is 0 Å². The first-order valence-electron chi connectivity index (χ1n) is 12.6. The lowest BCUT2D eigenvalue weighted by Crippen LogP contribution is -2.26. The van der Waals surface area contributed by atoms with Crippen molar-refractivity contribution >= 4 is 7.69 Å². The van der Waals surface area contributed by atoms with Crippen LogP contribution in [0.5, 0.6) is 23.0 Å². The smallest absolute Gasteiger partial charge is 0.529 e. The maximum atomic E-state index is 6.04. The van der Waals surface area contributed by atoms with E-state index < -0.39 is 0 Å². The van der Waals surface area contributed by atoms with Crippen LogP contribution in [0.2, 0.25) is 0 Å². The van der Waals surface area contributed by atoms with E-state index in [2.05, 4.69) is 26.0 Å². The Balaban J connectivity index is 1.46. The van der Waals surface area contributed by atoms with Gasteiger partial charge in [0.15, 0.2) is 0 Å². The van der Waals surface area contributed by atoms with E-state index in [1.165, 1.54) is 75.3 Å². The normalized spacial score (nSPS) is 19.4. The zero-order valence-electron chi connectivity index (χ0n) is 20.9. The molecule has 0 heterocycles. The van der Waals surface area contributed by atoms with Gasteiger partial charge in [-0.2, -0.15) is 0 Å². The van der Waals surface area contributed by atoms with E-state index in [0.717, 1.165) is 23.0 Å². The van der Waals surface area contributed by atoms with Crippen LogP contribution >= 0.6 is 0 Å². The predicted molar refractivity (Wildman–Crippen MR) is 135 cm³/mol. The third-order valence-corrected chi connectivity index (χ3v) is 8.01. The molecule has 4 nitrogen and oxygen atoms in total. The molecule has 0 amide bonds. The lowest BCUT2D eigenvalue weighted by molar-refractivity contribution is 0.302. The van der Waals surface area contributed by atoms with Gasteiger partial charge in [0.2, 0.25) is 0 Å². The van der Waals surface area contributed by atoms with Crippen LogP contribution in [0.4, 0.5) is 0 Å². The summed E-state index contributed by atoms with van der Waals surface area (Å²) in [6, 6.07) is 12.3. The molecule has 2 fully saturated rings. The molecule has 0 aromatic heterocycles. The van der Waals surface area contributed by atoms with Gasteiger partial charge < -0.3 is 18.8 Å². The van der Waals surface area contributed by atoms with Crippen LogP contribution in [0.15, 0.2) is 36.4 Å². The van der Waals surface area contributed by atoms with Gasteiger partial charge in [-0.05, 0) is 72.9 Å². The summed E-state index contributed by atoms with van der Waals surface area (Å²) in [6.07, 6.45) is 12.5. The summed E-state index contributed by atoms with van der Waals surface area (Å²) >= 11 is 0. The molecular formula is C28H39BO4. The summed E-state index contributed by atoms with van der Waals surface area (Å²) < 4.78 is 23.5. The molecule has 2 aromatic rings. The topological polar surface area (TPSA) is 36.9 Å². The van der Waals surface area contributed by atoms with Crippen LogP contribution in [-0.2, 0) is 10.8 Å². The standard InChI is InChI=1S/C28H39BO4/c1-27(15-7-5-8-16-27)23-19-21(11-13-25(23)30-3)32-29-33-22-12-14-26(31-4)24(20-22)28(2)17-9-6-10-18-28/h11-14,19-20,29H,5-10,15-18H2,1-4H3. The zero-order valence-corrected chi connectivity index (χ0v) is 20.9. The Bertz CT molecular complexity index is 854. The van der Waals surface area contributed by atoms with Gasteiger partial charge in [0.1, 0.15) is 23.0 Å². The minimum absolute atomic E-state index is 0.143. The summed E-state index contributed by atoms with van der Waals surface area (Å²) in [6.45, 7) is 4.71. The van der Waals surface area contributed by atoms with E-state index in [4.69, 9.17) is 18.8 Å². The molecule has 5 heteroatoms. The van der Waals surface area contributed by atoms with E-state index in [1.54, 1.807) is 14.2 Å². The highest BCUT2D eigenvalue weighted by Crippen LogP contribution is 2.45. The van der Waals surface area contributed by atoms with Gasteiger partial charge in [-0.25, -0.2) is 0 Å². The number of rotatable bonds is 8. The highest BCUT2D eigenvalue weighted by molar-refractivity contribution is 6.20. The van der Waals surface area contributed by atoms with Crippen molar-refractivity contribution < 1.29 is 18.8 Å². The predicted octanol–water partition coefficient (Wildman–Crippen LogP) is 6.87. The lowest BCUT2D eigenvalue weighted by atomic mass is 9.70. The van der Waals surface area contributed by atoms with Crippen LogP contribution in [0.1, 0.15) is 89.2 Å². The minimum Gasteiger partial charge on any atom is -0.529 e. The zero-order chi connectivity index (χ0) is 23.3. The fourth-order valence-electron chi connectivity index (χ4n) is 5.87. The van der Waals surface area contributed by atoms with E-state index in [1.807, 2.05) is 24.3 Å². The maximum Gasteiger partial charge on any atom is 0.576 e. The molecule has 0 atom stereocenters. The Kier molecular flexibility index (Phi) is 7.46. The average molecular weight is 450 g/mol. The van der Waals surface area contributed by atoms with Gasteiger partial charge in [-0.3, -0.25) is 0 Å². The van der Waals surface area contributed by atoms with E-state index in [-0.39, 0.29) is 18.5 Å². The molecule has 0 bridgehead atoms. The third-order valence-electron chi connectivity index (χ3n) is 8.01.